The lowest BCUT2D eigenvalue weighted by atomic mass is 10.0. The number of nitrogens with two attached hydrogens (primary N) is 1. The number of nitrogens with zero attached hydrogens (tertiary/aromatic N) is 4. The van der Waals surface area contributed by atoms with Gasteiger partial charge >= 0.3 is 0 Å². The Labute approximate surface area is 190 Å². The fourth-order valence-corrected chi connectivity index (χ4v) is 3.66. The second-order valence-electron chi connectivity index (χ2n) is 8.13. The van der Waals surface area contributed by atoms with Crippen LogP contribution in [0.2, 0.25) is 0 Å². The summed E-state index contributed by atoms with van der Waals surface area (Å²) in [6, 6.07) is 12.9. The summed E-state index contributed by atoms with van der Waals surface area (Å²) in [6.45, 7) is 1.92. The Morgan fingerprint density at radius 1 is 1.03 bits per heavy atom. The summed E-state index contributed by atoms with van der Waals surface area (Å²) in [7, 11) is 0. The van der Waals surface area contributed by atoms with Crippen molar-refractivity contribution in [2.75, 3.05) is 5.73 Å². The van der Waals surface area contributed by atoms with Gasteiger partial charge in [-0.2, -0.15) is 0 Å². The standard InChI is InChI=1S/C25H22N6O2/c1-15-5-6-18(25(33)30-20-7-8-20)10-21(15)31-14-29-22(24(31)26)23(32)17-4-2-3-16(9-17)19-11-27-13-28-12-19/h2-6,9-14,20H,7-8,26H2,1H3,(H,30,33). The number of nitrogens with one attached hydrogen (secondary N) is 1. The second kappa shape index (κ2) is 8.31. The number of hydrogen-bond donors (Lipinski definition) is 2. The fourth-order valence-electron chi connectivity index (χ4n) is 3.66. The highest BCUT2D eigenvalue weighted by atomic mass is 16.1. The predicted octanol–water partition coefficient (Wildman–Crippen LogP) is 3.34. The summed E-state index contributed by atoms with van der Waals surface area (Å²) in [5.74, 6) is -0.183. The van der Waals surface area contributed by atoms with Gasteiger partial charge in [0, 0.05) is 35.1 Å². The molecule has 5 rings (SSSR count). The van der Waals surface area contributed by atoms with Crippen LogP contribution in [0.1, 0.15) is 44.8 Å². The van der Waals surface area contributed by atoms with Crippen LogP contribution in [0.25, 0.3) is 16.8 Å². The van der Waals surface area contributed by atoms with Gasteiger partial charge in [0.25, 0.3) is 5.91 Å². The summed E-state index contributed by atoms with van der Waals surface area (Å²) in [5.41, 5.74) is 10.8. The van der Waals surface area contributed by atoms with Crippen LogP contribution >= 0.6 is 0 Å². The number of aromatic nitrogens is 4. The molecule has 8 heteroatoms. The third-order valence-corrected chi connectivity index (χ3v) is 5.68. The molecule has 33 heavy (non-hydrogen) atoms. The molecular weight excluding hydrogens is 416 g/mol. The van der Waals surface area contributed by atoms with Gasteiger partial charge in [-0.1, -0.05) is 24.3 Å². The highest BCUT2D eigenvalue weighted by Gasteiger charge is 2.24. The van der Waals surface area contributed by atoms with Crippen LogP contribution in [-0.2, 0) is 0 Å². The van der Waals surface area contributed by atoms with Crippen molar-refractivity contribution >= 4 is 17.5 Å². The molecule has 0 spiro atoms. The van der Waals surface area contributed by atoms with Gasteiger partial charge in [-0.05, 0) is 49.1 Å². The Hall–Kier alpha value is -4.33. The fraction of sp³-hybridized carbons (Fsp3) is 0.160. The van der Waals surface area contributed by atoms with Gasteiger partial charge in [0.2, 0.25) is 5.78 Å². The van der Waals surface area contributed by atoms with Crippen LogP contribution in [0.15, 0.2) is 67.5 Å². The molecule has 4 aromatic rings. The van der Waals surface area contributed by atoms with Gasteiger partial charge in [0.15, 0.2) is 5.69 Å². The first kappa shape index (κ1) is 20.6. The number of nitrogen functional groups attached to an aromatic ring is 1. The minimum Gasteiger partial charge on any atom is -0.383 e. The molecular formula is C25H22N6O2. The van der Waals surface area contributed by atoms with E-state index in [2.05, 4.69) is 20.3 Å². The quantitative estimate of drug-likeness (QED) is 0.446. The lowest BCUT2D eigenvalue weighted by molar-refractivity contribution is 0.0950. The summed E-state index contributed by atoms with van der Waals surface area (Å²) in [6.07, 6.45) is 8.39. The summed E-state index contributed by atoms with van der Waals surface area (Å²) in [5, 5.41) is 2.99. The number of ketones is 1. The summed E-state index contributed by atoms with van der Waals surface area (Å²) < 4.78 is 1.64. The van der Waals surface area contributed by atoms with Crippen LogP contribution in [0, 0.1) is 6.92 Å². The van der Waals surface area contributed by atoms with Gasteiger partial charge in [0.05, 0.1) is 5.69 Å². The highest BCUT2D eigenvalue weighted by molar-refractivity contribution is 6.11. The number of rotatable bonds is 6. The zero-order valence-corrected chi connectivity index (χ0v) is 18.0. The van der Waals surface area contributed by atoms with Crippen LogP contribution in [-0.4, -0.2) is 37.3 Å². The number of anilines is 1. The number of benzene rings is 2. The third-order valence-electron chi connectivity index (χ3n) is 5.68. The molecule has 1 aliphatic carbocycles. The number of imidazole rings is 1. The predicted molar refractivity (Wildman–Crippen MR) is 124 cm³/mol. The van der Waals surface area contributed by atoms with E-state index in [-0.39, 0.29) is 29.2 Å². The molecule has 0 aliphatic heterocycles. The Balaban J connectivity index is 1.46. The van der Waals surface area contributed by atoms with E-state index in [1.54, 1.807) is 47.3 Å². The van der Waals surface area contributed by atoms with Crippen molar-refractivity contribution in [2.45, 2.75) is 25.8 Å². The highest BCUT2D eigenvalue weighted by Crippen LogP contribution is 2.26. The second-order valence-corrected chi connectivity index (χ2v) is 8.13. The molecule has 164 valence electrons. The maximum Gasteiger partial charge on any atom is 0.251 e. The van der Waals surface area contributed by atoms with E-state index >= 15 is 0 Å². The Kier molecular flexibility index (Phi) is 5.18. The largest absolute Gasteiger partial charge is 0.383 e. The Morgan fingerprint density at radius 3 is 2.58 bits per heavy atom. The van der Waals surface area contributed by atoms with Gasteiger partial charge in [-0.15, -0.1) is 0 Å². The van der Waals surface area contributed by atoms with Crippen molar-refractivity contribution in [3.63, 3.8) is 0 Å². The van der Waals surface area contributed by atoms with Gasteiger partial charge in [-0.25, -0.2) is 15.0 Å². The zero-order valence-electron chi connectivity index (χ0n) is 18.0. The SMILES string of the molecule is Cc1ccc(C(=O)NC2CC2)cc1-n1cnc(C(=O)c2cccc(-c3cncnc3)c2)c1N. The number of aryl methyl sites for hydroxylation is 1. The molecule has 0 unspecified atom stereocenters. The normalized spacial score (nSPS) is 13.0. The minimum atomic E-state index is -0.287. The number of hydrogen-bond acceptors (Lipinski definition) is 6. The Bertz CT molecular complexity index is 1360. The minimum absolute atomic E-state index is 0.115. The van der Waals surface area contributed by atoms with Crippen LogP contribution in [0.4, 0.5) is 5.82 Å². The van der Waals surface area contributed by atoms with Gasteiger partial charge in [0.1, 0.15) is 18.5 Å². The molecule has 1 fully saturated rings. The van der Waals surface area contributed by atoms with E-state index in [0.717, 1.165) is 29.5 Å². The smallest absolute Gasteiger partial charge is 0.251 e. The molecule has 3 N–H and O–H groups in total. The average Bonchev–Trinajstić information content (AvgIpc) is 3.58. The maximum absolute atomic E-state index is 13.2. The van der Waals surface area contributed by atoms with Gasteiger partial charge < -0.3 is 11.1 Å². The van der Waals surface area contributed by atoms with E-state index in [1.807, 2.05) is 19.1 Å². The Morgan fingerprint density at radius 2 is 1.82 bits per heavy atom. The van der Waals surface area contributed by atoms with Crippen molar-refractivity contribution < 1.29 is 9.59 Å². The van der Waals surface area contributed by atoms with Gasteiger partial charge in [-0.3, -0.25) is 14.2 Å². The van der Waals surface area contributed by atoms with E-state index in [1.165, 1.54) is 12.7 Å². The van der Waals surface area contributed by atoms with Crippen LogP contribution in [0.5, 0.6) is 0 Å². The molecule has 0 atom stereocenters. The van der Waals surface area contributed by atoms with Crippen molar-refractivity contribution in [2.24, 2.45) is 0 Å². The van der Waals surface area contributed by atoms with Crippen molar-refractivity contribution in [3.8, 4) is 16.8 Å². The van der Waals surface area contributed by atoms with Crippen LogP contribution < -0.4 is 11.1 Å². The molecule has 1 aliphatic rings. The molecule has 0 saturated heterocycles. The number of carbonyl (C=O) groups excluding carboxylic acids is 2. The molecule has 0 bridgehead atoms. The lowest BCUT2D eigenvalue weighted by Crippen LogP contribution is -2.25. The average molecular weight is 438 g/mol. The summed E-state index contributed by atoms with van der Waals surface area (Å²) in [4.78, 5) is 38.1. The third kappa shape index (κ3) is 4.10. The van der Waals surface area contributed by atoms with E-state index in [4.69, 9.17) is 5.73 Å². The monoisotopic (exact) mass is 438 g/mol. The molecule has 0 radical (unpaired) electrons. The van der Waals surface area contributed by atoms with E-state index in [9.17, 15) is 9.59 Å². The molecule has 8 nitrogen and oxygen atoms in total. The first-order valence-corrected chi connectivity index (χ1v) is 10.7. The molecule has 1 saturated carbocycles. The maximum atomic E-state index is 13.2. The van der Waals surface area contributed by atoms with Crippen molar-refractivity contribution in [3.05, 3.63) is 89.9 Å². The van der Waals surface area contributed by atoms with Crippen molar-refractivity contribution in [1.82, 2.24) is 24.8 Å². The number of carbonyl (C=O) groups is 2. The molecule has 2 aromatic carbocycles. The number of amides is 1. The first-order chi connectivity index (χ1) is 16.0. The van der Waals surface area contributed by atoms with E-state index < -0.39 is 0 Å². The molecule has 1 amide bonds. The topological polar surface area (TPSA) is 116 Å². The lowest BCUT2D eigenvalue weighted by Gasteiger charge is -2.12. The van der Waals surface area contributed by atoms with Crippen molar-refractivity contribution in [1.29, 1.82) is 0 Å². The molecule has 2 heterocycles. The zero-order chi connectivity index (χ0) is 22.9. The van der Waals surface area contributed by atoms with E-state index in [0.29, 0.717) is 16.8 Å². The summed E-state index contributed by atoms with van der Waals surface area (Å²) >= 11 is 0. The van der Waals surface area contributed by atoms with Crippen LogP contribution in [0.3, 0.4) is 0 Å². The molecule has 2 aromatic heterocycles. The first-order valence-electron chi connectivity index (χ1n) is 10.7.